The summed E-state index contributed by atoms with van der Waals surface area (Å²) in [5, 5.41) is 2.16. The van der Waals surface area contributed by atoms with E-state index in [9.17, 15) is 22.8 Å². The lowest BCUT2D eigenvalue weighted by atomic mass is 10.0. The number of fused-ring (bicyclic) bond motifs is 1. The molecule has 1 aliphatic rings. The Balaban J connectivity index is 1.65. The molecule has 1 aliphatic heterocycles. The molecule has 0 spiro atoms. The minimum Gasteiger partial charge on any atom is -0.288 e. The topological polar surface area (TPSA) is 109 Å². The van der Waals surface area contributed by atoms with E-state index in [1.165, 1.54) is 18.2 Å². The van der Waals surface area contributed by atoms with Crippen LogP contribution in [0.2, 0.25) is 5.02 Å². The summed E-state index contributed by atoms with van der Waals surface area (Å²) in [6, 6.07) is 17.4. The van der Waals surface area contributed by atoms with Gasteiger partial charge >= 0.3 is 0 Å². The van der Waals surface area contributed by atoms with Crippen molar-refractivity contribution in [3.8, 4) is 11.1 Å². The molecule has 0 atom stereocenters. The number of rotatable bonds is 4. The second-order valence-corrected chi connectivity index (χ2v) is 8.58. The van der Waals surface area contributed by atoms with Crippen LogP contribution in [0.4, 0.5) is 0 Å². The molecule has 9 heteroatoms. The normalized spacial score (nSPS) is 13.0. The number of imide groups is 1. The third kappa shape index (κ3) is 3.58. The Labute approximate surface area is 176 Å². The monoisotopic (exact) mass is 440 g/mol. The molecule has 150 valence electrons. The van der Waals surface area contributed by atoms with Gasteiger partial charge in [0.05, 0.1) is 26.6 Å². The first-order valence-electron chi connectivity index (χ1n) is 8.68. The van der Waals surface area contributed by atoms with E-state index >= 15 is 0 Å². The van der Waals surface area contributed by atoms with Crippen molar-refractivity contribution in [3.63, 3.8) is 0 Å². The first-order valence-corrected chi connectivity index (χ1v) is 10.5. The average Bonchev–Trinajstić information content (AvgIpc) is 3.02. The van der Waals surface area contributed by atoms with Crippen molar-refractivity contribution in [2.45, 2.75) is 4.90 Å². The van der Waals surface area contributed by atoms with Gasteiger partial charge in [-0.1, -0.05) is 48.0 Å². The number of nitrogens with one attached hydrogen (secondary N) is 2. The molecule has 3 aromatic rings. The molecule has 4 rings (SSSR count). The van der Waals surface area contributed by atoms with Crippen LogP contribution >= 0.6 is 11.6 Å². The molecule has 0 radical (unpaired) electrons. The van der Waals surface area contributed by atoms with Crippen LogP contribution in [0.15, 0.2) is 71.6 Å². The second-order valence-electron chi connectivity index (χ2n) is 6.49. The summed E-state index contributed by atoms with van der Waals surface area (Å²) in [7, 11) is -4.31. The van der Waals surface area contributed by atoms with Crippen molar-refractivity contribution in [2.24, 2.45) is 0 Å². The number of amides is 3. The Kier molecular flexibility index (Phi) is 4.89. The molecule has 0 bridgehead atoms. The van der Waals surface area contributed by atoms with Gasteiger partial charge in [0.25, 0.3) is 27.7 Å². The smallest absolute Gasteiger partial charge is 0.266 e. The first-order chi connectivity index (χ1) is 14.3. The Morgan fingerprint density at radius 3 is 2.27 bits per heavy atom. The lowest BCUT2D eigenvalue weighted by molar-refractivity contribution is 0.0878. The summed E-state index contributed by atoms with van der Waals surface area (Å²) < 4.78 is 27.3. The van der Waals surface area contributed by atoms with Gasteiger partial charge in [-0.05, 0) is 41.5 Å². The van der Waals surface area contributed by atoms with Gasteiger partial charge in [-0.25, -0.2) is 13.1 Å². The molecular weight excluding hydrogens is 428 g/mol. The zero-order valence-corrected chi connectivity index (χ0v) is 16.8. The van der Waals surface area contributed by atoms with Gasteiger partial charge in [-0.15, -0.1) is 0 Å². The van der Waals surface area contributed by atoms with Crippen LogP contribution in [-0.2, 0) is 10.0 Å². The van der Waals surface area contributed by atoms with Crippen LogP contribution in [0.5, 0.6) is 0 Å². The number of hydrogen-bond acceptors (Lipinski definition) is 5. The fraction of sp³-hybridized carbons (Fsp3) is 0. The first kappa shape index (κ1) is 19.8. The Morgan fingerprint density at radius 2 is 1.53 bits per heavy atom. The highest BCUT2D eigenvalue weighted by atomic mass is 35.5. The zero-order valence-electron chi connectivity index (χ0n) is 15.2. The van der Waals surface area contributed by atoms with Crippen molar-refractivity contribution in [1.82, 2.24) is 10.0 Å². The highest BCUT2D eigenvalue weighted by Gasteiger charge is 2.29. The van der Waals surface area contributed by atoms with Crippen LogP contribution in [0, 0.1) is 0 Å². The van der Waals surface area contributed by atoms with E-state index in [0.29, 0.717) is 5.56 Å². The van der Waals surface area contributed by atoms with E-state index < -0.39 is 27.7 Å². The van der Waals surface area contributed by atoms with Gasteiger partial charge in [0, 0.05) is 0 Å². The minimum absolute atomic E-state index is 0.0179. The molecule has 2 N–H and O–H groups in total. The largest absolute Gasteiger partial charge is 0.288 e. The minimum atomic E-state index is -4.31. The highest BCUT2D eigenvalue weighted by molar-refractivity contribution is 7.90. The molecule has 0 aliphatic carbocycles. The molecule has 7 nitrogen and oxygen atoms in total. The number of hydrogen-bond donors (Lipinski definition) is 2. The third-order valence-electron chi connectivity index (χ3n) is 4.56. The molecule has 3 amide bonds. The van der Waals surface area contributed by atoms with Crippen LogP contribution in [-0.4, -0.2) is 26.1 Å². The van der Waals surface area contributed by atoms with Crippen LogP contribution in [0.25, 0.3) is 11.1 Å². The third-order valence-corrected chi connectivity index (χ3v) is 6.22. The van der Waals surface area contributed by atoms with Crippen molar-refractivity contribution in [2.75, 3.05) is 0 Å². The molecular formula is C21H13ClN2O5S. The highest BCUT2D eigenvalue weighted by Crippen LogP contribution is 2.26. The number of sulfonamides is 1. The summed E-state index contributed by atoms with van der Waals surface area (Å²) in [5.41, 5.74) is 1.51. The van der Waals surface area contributed by atoms with E-state index in [4.69, 9.17) is 11.6 Å². The predicted molar refractivity (Wildman–Crippen MR) is 110 cm³/mol. The molecule has 0 unspecified atom stereocenters. The van der Waals surface area contributed by atoms with E-state index in [2.05, 4.69) is 5.32 Å². The molecule has 0 fully saturated rings. The van der Waals surface area contributed by atoms with Gasteiger partial charge in [0.15, 0.2) is 0 Å². The van der Waals surface area contributed by atoms with Gasteiger partial charge in [0.2, 0.25) is 0 Å². The molecule has 3 aromatic carbocycles. The molecule has 0 saturated heterocycles. The lowest BCUT2D eigenvalue weighted by Gasteiger charge is -2.10. The van der Waals surface area contributed by atoms with E-state index in [-0.39, 0.29) is 26.6 Å². The number of halogens is 1. The predicted octanol–water partition coefficient (Wildman–Crippen LogP) is 3.01. The number of carbonyl (C=O) groups is 3. The lowest BCUT2D eigenvalue weighted by Crippen LogP contribution is -2.31. The maximum absolute atomic E-state index is 12.7. The molecule has 30 heavy (non-hydrogen) atoms. The summed E-state index contributed by atoms with van der Waals surface area (Å²) in [4.78, 5) is 35.8. The van der Waals surface area contributed by atoms with E-state index in [1.807, 2.05) is 35.1 Å². The van der Waals surface area contributed by atoms with Crippen LogP contribution in [0.3, 0.4) is 0 Å². The number of carbonyl (C=O) groups excluding carboxylic acids is 3. The maximum Gasteiger partial charge on any atom is 0.266 e. The maximum atomic E-state index is 12.7. The summed E-state index contributed by atoms with van der Waals surface area (Å²) >= 11 is 6.12. The van der Waals surface area contributed by atoms with Gasteiger partial charge in [-0.3, -0.25) is 19.7 Å². The van der Waals surface area contributed by atoms with Crippen molar-refractivity contribution < 1.29 is 22.8 Å². The quantitative estimate of drug-likeness (QED) is 0.606. The van der Waals surface area contributed by atoms with Gasteiger partial charge in [-0.2, -0.15) is 0 Å². The zero-order chi connectivity index (χ0) is 21.5. The Morgan fingerprint density at radius 1 is 0.833 bits per heavy atom. The van der Waals surface area contributed by atoms with Crippen molar-refractivity contribution >= 4 is 39.3 Å². The average molecular weight is 441 g/mol. The SMILES string of the molecule is O=C(NS(=O)(=O)c1ccc2c(c1)C(=O)NC2=O)c1cc(-c2ccccc2)ccc1Cl. The summed E-state index contributed by atoms with van der Waals surface area (Å²) in [6.07, 6.45) is 0. The summed E-state index contributed by atoms with van der Waals surface area (Å²) in [5.74, 6) is -2.22. The second kappa shape index (κ2) is 7.40. The van der Waals surface area contributed by atoms with Crippen LogP contribution in [0.1, 0.15) is 31.1 Å². The molecule has 0 saturated carbocycles. The Bertz CT molecular complexity index is 1320. The van der Waals surface area contributed by atoms with Gasteiger partial charge < -0.3 is 0 Å². The fourth-order valence-corrected chi connectivity index (χ4v) is 4.25. The molecule has 1 heterocycles. The molecule has 0 aromatic heterocycles. The van der Waals surface area contributed by atoms with E-state index in [0.717, 1.165) is 17.7 Å². The summed E-state index contributed by atoms with van der Waals surface area (Å²) in [6.45, 7) is 0. The Hall–Kier alpha value is -3.49. The van der Waals surface area contributed by atoms with E-state index in [1.54, 1.807) is 6.07 Å². The fourth-order valence-electron chi connectivity index (χ4n) is 3.06. The van der Waals surface area contributed by atoms with Gasteiger partial charge in [0.1, 0.15) is 0 Å². The number of benzene rings is 3. The van der Waals surface area contributed by atoms with Crippen LogP contribution < -0.4 is 10.0 Å². The van der Waals surface area contributed by atoms with Crippen molar-refractivity contribution in [3.05, 3.63) is 88.4 Å². The standard InChI is InChI=1S/C21H13ClN2O5S/c22-18-9-6-13(12-4-2-1-3-5-12)10-17(18)21(27)24-30(28,29)14-7-8-15-16(11-14)20(26)23-19(15)25/h1-11H,(H,24,27)(H,23,25,26). The van der Waals surface area contributed by atoms with Crippen molar-refractivity contribution in [1.29, 1.82) is 0 Å².